The summed E-state index contributed by atoms with van der Waals surface area (Å²) in [6.07, 6.45) is 0.712. The maximum atomic E-state index is 13.7. The molecule has 0 saturated carbocycles. The van der Waals surface area contributed by atoms with Gasteiger partial charge in [0, 0.05) is 15.4 Å². The lowest BCUT2D eigenvalue weighted by molar-refractivity contribution is 0.476. The van der Waals surface area contributed by atoms with E-state index in [4.69, 9.17) is 10.2 Å². The average molecular weight is 318 g/mol. The van der Waals surface area contributed by atoms with Gasteiger partial charge in [0.25, 0.3) is 0 Å². The van der Waals surface area contributed by atoms with Gasteiger partial charge >= 0.3 is 0 Å². The quantitative estimate of drug-likeness (QED) is 0.864. The molecular formula is C13H14BrF2NO. The number of rotatable bonds is 3. The van der Waals surface area contributed by atoms with Crippen molar-refractivity contribution < 1.29 is 13.2 Å². The number of halogens is 3. The minimum absolute atomic E-state index is 0.0574. The Morgan fingerprint density at radius 1 is 1.39 bits per heavy atom. The molecule has 0 spiro atoms. The average Bonchev–Trinajstić information content (AvgIpc) is 2.64. The van der Waals surface area contributed by atoms with Crippen molar-refractivity contribution in [3.63, 3.8) is 0 Å². The molecule has 98 valence electrons. The van der Waals surface area contributed by atoms with Gasteiger partial charge in [-0.1, -0.05) is 13.8 Å². The third-order valence-corrected chi connectivity index (χ3v) is 3.42. The van der Waals surface area contributed by atoms with E-state index in [0.29, 0.717) is 28.0 Å². The maximum Gasteiger partial charge on any atom is 0.201 e. The predicted molar refractivity (Wildman–Crippen MR) is 70.3 cm³/mol. The predicted octanol–water partition coefficient (Wildman–Crippen LogP) is 4.13. The summed E-state index contributed by atoms with van der Waals surface area (Å²) in [5.41, 5.74) is 6.40. The van der Waals surface area contributed by atoms with Gasteiger partial charge in [-0.25, -0.2) is 4.39 Å². The van der Waals surface area contributed by atoms with Crippen LogP contribution in [0.15, 0.2) is 15.0 Å². The molecule has 1 aromatic carbocycles. The highest BCUT2D eigenvalue weighted by atomic mass is 79.9. The van der Waals surface area contributed by atoms with Crippen molar-refractivity contribution >= 4 is 26.9 Å². The van der Waals surface area contributed by atoms with E-state index < -0.39 is 11.6 Å². The fraction of sp³-hybridized carbons (Fsp3) is 0.385. The summed E-state index contributed by atoms with van der Waals surface area (Å²) in [4.78, 5) is 0. The first-order chi connectivity index (χ1) is 8.45. The second kappa shape index (κ2) is 4.97. The van der Waals surface area contributed by atoms with E-state index in [1.165, 1.54) is 0 Å². The van der Waals surface area contributed by atoms with Crippen LogP contribution in [-0.2, 0) is 13.0 Å². The molecule has 2 rings (SSSR count). The molecule has 0 aliphatic carbocycles. The molecule has 0 fully saturated rings. The molecule has 0 saturated heterocycles. The zero-order valence-corrected chi connectivity index (χ0v) is 11.8. The molecule has 2 N–H and O–H groups in total. The molecule has 1 aromatic heterocycles. The monoisotopic (exact) mass is 317 g/mol. The van der Waals surface area contributed by atoms with E-state index in [1.807, 2.05) is 13.8 Å². The van der Waals surface area contributed by atoms with Crippen molar-refractivity contribution in [2.24, 2.45) is 11.7 Å². The van der Waals surface area contributed by atoms with E-state index in [1.54, 1.807) is 0 Å². The van der Waals surface area contributed by atoms with Crippen molar-refractivity contribution in [3.8, 4) is 0 Å². The van der Waals surface area contributed by atoms with Gasteiger partial charge in [-0.3, -0.25) is 0 Å². The maximum absolute atomic E-state index is 13.7. The fourth-order valence-electron chi connectivity index (χ4n) is 2.06. The molecule has 2 aromatic rings. The minimum Gasteiger partial charge on any atom is -0.456 e. The van der Waals surface area contributed by atoms with Crippen LogP contribution in [0.5, 0.6) is 0 Å². The number of hydrogen-bond acceptors (Lipinski definition) is 2. The fourth-order valence-corrected chi connectivity index (χ4v) is 2.68. The number of benzene rings is 1. The van der Waals surface area contributed by atoms with E-state index in [-0.39, 0.29) is 12.1 Å². The second-order valence-electron chi connectivity index (χ2n) is 4.66. The summed E-state index contributed by atoms with van der Waals surface area (Å²) in [5.74, 6) is -0.999. The number of fused-ring (bicyclic) bond motifs is 1. The van der Waals surface area contributed by atoms with Crippen molar-refractivity contribution in [1.29, 1.82) is 0 Å². The van der Waals surface area contributed by atoms with Gasteiger partial charge in [0.1, 0.15) is 5.76 Å². The van der Waals surface area contributed by atoms with E-state index in [0.717, 1.165) is 11.6 Å². The van der Waals surface area contributed by atoms with Gasteiger partial charge in [0.05, 0.1) is 6.54 Å². The summed E-state index contributed by atoms with van der Waals surface area (Å²) < 4.78 is 32.9. The van der Waals surface area contributed by atoms with Crippen LogP contribution >= 0.6 is 15.9 Å². The molecule has 0 unspecified atom stereocenters. The van der Waals surface area contributed by atoms with Crippen LogP contribution in [-0.4, -0.2) is 0 Å². The summed E-state index contributed by atoms with van der Waals surface area (Å²) in [5, 5.41) is 0.586. The Morgan fingerprint density at radius 2 is 2.06 bits per heavy atom. The van der Waals surface area contributed by atoms with E-state index in [2.05, 4.69) is 15.9 Å². The smallest absolute Gasteiger partial charge is 0.201 e. The van der Waals surface area contributed by atoms with Gasteiger partial charge in [0.2, 0.25) is 5.82 Å². The standard InChI is InChI=1S/C13H14BrF2NO/c1-6(2)3-7-10(5-17)18-13-11(7)8(14)4-9(15)12(13)16/h4,6H,3,5,17H2,1-2H3. The molecular weight excluding hydrogens is 304 g/mol. The van der Waals surface area contributed by atoms with Crippen molar-refractivity contribution in [3.05, 3.63) is 33.5 Å². The van der Waals surface area contributed by atoms with Crippen LogP contribution in [0.2, 0.25) is 0 Å². The second-order valence-corrected chi connectivity index (χ2v) is 5.52. The molecule has 2 nitrogen and oxygen atoms in total. The van der Waals surface area contributed by atoms with Crippen LogP contribution in [0.4, 0.5) is 8.78 Å². The number of nitrogens with two attached hydrogens (primary N) is 1. The molecule has 0 amide bonds. The molecule has 0 radical (unpaired) electrons. The Bertz CT molecular complexity index is 592. The molecule has 0 bridgehead atoms. The Kier molecular flexibility index (Phi) is 3.73. The van der Waals surface area contributed by atoms with Crippen LogP contribution in [0.1, 0.15) is 25.2 Å². The topological polar surface area (TPSA) is 39.2 Å². The SMILES string of the molecule is CC(C)Cc1c(CN)oc2c(F)c(F)cc(Br)c12. The number of hydrogen-bond donors (Lipinski definition) is 1. The third kappa shape index (κ3) is 2.17. The minimum atomic E-state index is -0.960. The van der Waals surface area contributed by atoms with Crippen LogP contribution in [0.3, 0.4) is 0 Å². The molecule has 0 aliphatic rings. The van der Waals surface area contributed by atoms with Gasteiger partial charge in [-0.05, 0) is 34.3 Å². The van der Waals surface area contributed by atoms with Gasteiger partial charge in [-0.15, -0.1) is 0 Å². The first kappa shape index (κ1) is 13.5. The molecule has 5 heteroatoms. The normalized spacial score (nSPS) is 11.7. The van der Waals surface area contributed by atoms with Crippen molar-refractivity contribution in [2.75, 3.05) is 0 Å². The first-order valence-electron chi connectivity index (χ1n) is 5.73. The highest BCUT2D eigenvalue weighted by Crippen LogP contribution is 2.36. The lowest BCUT2D eigenvalue weighted by atomic mass is 9.99. The first-order valence-corrected chi connectivity index (χ1v) is 6.52. The summed E-state index contributed by atoms with van der Waals surface area (Å²) >= 11 is 3.26. The molecule has 18 heavy (non-hydrogen) atoms. The largest absolute Gasteiger partial charge is 0.456 e. The van der Waals surface area contributed by atoms with Crippen LogP contribution in [0.25, 0.3) is 11.0 Å². The Hall–Kier alpha value is -0.940. The Labute approximate surface area is 112 Å². The van der Waals surface area contributed by atoms with Crippen molar-refractivity contribution in [2.45, 2.75) is 26.8 Å². The summed E-state index contributed by atoms with van der Waals surface area (Å²) in [7, 11) is 0. The zero-order valence-electron chi connectivity index (χ0n) is 10.2. The Balaban J connectivity index is 2.78. The molecule has 0 atom stereocenters. The van der Waals surface area contributed by atoms with Gasteiger partial charge < -0.3 is 10.2 Å². The van der Waals surface area contributed by atoms with Gasteiger partial charge in [-0.2, -0.15) is 4.39 Å². The zero-order chi connectivity index (χ0) is 13.4. The lowest BCUT2D eigenvalue weighted by Crippen LogP contribution is -2.01. The van der Waals surface area contributed by atoms with Crippen LogP contribution in [0, 0.1) is 17.6 Å². The summed E-state index contributed by atoms with van der Waals surface area (Å²) in [6.45, 7) is 4.27. The van der Waals surface area contributed by atoms with Gasteiger partial charge in [0.15, 0.2) is 11.4 Å². The summed E-state index contributed by atoms with van der Waals surface area (Å²) in [6, 6.07) is 1.12. The molecule has 1 heterocycles. The Morgan fingerprint density at radius 3 is 2.61 bits per heavy atom. The van der Waals surface area contributed by atoms with Crippen molar-refractivity contribution in [1.82, 2.24) is 0 Å². The van der Waals surface area contributed by atoms with E-state index >= 15 is 0 Å². The third-order valence-electron chi connectivity index (χ3n) is 2.79. The number of furan rings is 1. The van der Waals surface area contributed by atoms with E-state index in [9.17, 15) is 8.78 Å². The van der Waals surface area contributed by atoms with Crippen LogP contribution < -0.4 is 5.73 Å². The molecule has 0 aliphatic heterocycles. The lowest BCUT2D eigenvalue weighted by Gasteiger charge is -2.05. The highest BCUT2D eigenvalue weighted by Gasteiger charge is 2.22. The highest BCUT2D eigenvalue weighted by molar-refractivity contribution is 9.10.